The van der Waals surface area contributed by atoms with Gasteiger partial charge in [-0.25, -0.2) is 4.98 Å². The van der Waals surface area contributed by atoms with Crippen molar-refractivity contribution >= 4 is 28.2 Å². The highest BCUT2D eigenvalue weighted by atomic mass is 32.2. The lowest BCUT2D eigenvalue weighted by Crippen LogP contribution is -2.12. The third kappa shape index (κ3) is 3.73. The third-order valence-corrected chi connectivity index (χ3v) is 4.67. The fourth-order valence-corrected chi connectivity index (χ4v) is 3.09. The molecule has 0 aliphatic carbocycles. The number of aliphatic hydroxyl groups excluding tert-OH is 1. The first-order valence-electron chi connectivity index (χ1n) is 7.59. The number of nitrogens with one attached hydrogen (secondary N) is 1. The van der Waals surface area contributed by atoms with Gasteiger partial charge in [-0.1, -0.05) is 29.8 Å². The van der Waals surface area contributed by atoms with Crippen molar-refractivity contribution in [1.29, 1.82) is 5.26 Å². The molecule has 0 radical (unpaired) electrons. The molecule has 0 unspecified atom stereocenters. The lowest BCUT2D eigenvalue weighted by Gasteiger charge is -2.06. The summed E-state index contributed by atoms with van der Waals surface area (Å²) in [5.74, 6) is 0.169. The lowest BCUT2D eigenvalue weighted by atomic mass is 10.2. The highest BCUT2D eigenvalue weighted by Crippen LogP contribution is 2.23. The van der Waals surface area contributed by atoms with Crippen LogP contribution in [-0.4, -0.2) is 20.8 Å². The van der Waals surface area contributed by atoms with E-state index in [0.717, 1.165) is 10.5 Å². The number of hydrogen-bond donors (Lipinski definition) is 2. The molecule has 6 heteroatoms. The van der Waals surface area contributed by atoms with Gasteiger partial charge in [-0.05, 0) is 31.2 Å². The Kier molecular flexibility index (Phi) is 4.87. The molecule has 3 aromatic rings. The van der Waals surface area contributed by atoms with Crippen LogP contribution in [-0.2, 0) is 0 Å². The van der Waals surface area contributed by atoms with Crippen molar-refractivity contribution in [2.45, 2.75) is 11.8 Å². The summed E-state index contributed by atoms with van der Waals surface area (Å²) in [5.41, 5.74) is 1.27. The largest absolute Gasteiger partial charge is 0.510 e. The molecule has 3 rings (SSSR count). The second-order valence-corrected chi connectivity index (χ2v) is 6.52. The number of aromatic amines is 1. The van der Waals surface area contributed by atoms with Crippen molar-refractivity contribution in [3.05, 3.63) is 76.0 Å². The van der Waals surface area contributed by atoms with Crippen molar-refractivity contribution < 1.29 is 5.11 Å². The topological polar surface area (TPSA) is 89.8 Å². The summed E-state index contributed by atoms with van der Waals surface area (Å²) in [7, 11) is 0. The Morgan fingerprint density at radius 1 is 1.24 bits per heavy atom. The Morgan fingerprint density at radius 3 is 2.68 bits per heavy atom. The molecule has 0 atom stereocenters. The molecule has 2 aromatic carbocycles. The average Bonchev–Trinajstić information content (AvgIpc) is 2.62. The van der Waals surface area contributed by atoms with Crippen LogP contribution in [0.3, 0.4) is 0 Å². The Morgan fingerprint density at radius 2 is 1.96 bits per heavy atom. The van der Waals surface area contributed by atoms with Crippen LogP contribution in [0.1, 0.15) is 11.4 Å². The number of aromatic nitrogens is 2. The van der Waals surface area contributed by atoms with Crippen molar-refractivity contribution in [2.75, 3.05) is 5.75 Å². The SMILES string of the molecule is Cc1ccc(SCC(O)=C(C#N)c2nc3ccccc3c(=O)[nH]2)cc1. The van der Waals surface area contributed by atoms with Crippen LogP contribution in [0.5, 0.6) is 0 Å². The van der Waals surface area contributed by atoms with Crippen LogP contribution in [0.4, 0.5) is 0 Å². The predicted octanol–water partition coefficient (Wildman–Crippen LogP) is 3.82. The number of nitrogens with zero attached hydrogens (tertiary/aromatic N) is 2. The monoisotopic (exact) mass is 349 g/mol. The Balaban J connectivity index is 1.92. The summed E-state index contributed by atoms with van der Waals surface area (Å²) in [5, 5.41) is 20.2. The molecule has 0 saturated heterocycles. The van der Waals surface area contributed by atoms with Gasteiger partial charge < -0.3 is 10.1 Å². The zero-order valence-electron chi connectivity index (χ0n) is 13.5. The van der Waals surface area contributed by atoms with E-state index in [4.69, 9.17) is 0 Å². The van der Waals surface area contributed by atoms with Gasteiger partial charge in [-0.2, -0.15) is 5.26 Å². The quantitative estimate of drug-likeness (QED) is 0.425. The molecule has 1 aromatic heterocycles. The minimum Gasteiger partial charge on any atom is -0.510 e. The molecule has 0 aliphatic rings. The van der Waals surface area contributed by atoms with Crippen LogP contribution in [0.2, 0.25) is 0 Å². The van der Waals surface area contributed by atoms with E-state index < -0.39 is 0 Å². The number of para-hydroxylation sites is 1. The van der Waals surface area contributed by atoms with Crippen LogP contribution in [0.25, 0.3) is 16.5 Å². The summed E-state index contributed by atoms with van der Waals surface area (Å²) in [6.45, 7) is 2.00. The van der Waals surface area contributed by atoms with E-state index in [2.05, 4.69) is 9.97 Å². The number of allylic oxidation sites excluding steroid dienone is 1. The molecule has 0 fully saturated rings. The Labute approximate surface area is 148 Å². The van der Waals surface area contributed by atoms with E-state index >= 15 is 0 Å². The number of benzene rings is 2. The van der Waals surface area contributed by atoms with E-state index in [1.165, 1.54) is 11.8 Å². The smallest absolute Gasteiger partial charge is 0.259 e. The van der Waals surface area contributed by atoms with E-state index in [1.807, 2.05) is 37.3 Å². The van der Waals surface area contributed by atoms with Crippen molar-refractivity contribution in [3.63, 3.8) is 0 Å². The van der Waals surface area contributed by atoms with Gasteiger partial charge in [0.1, 0.15) is 17.4 Å². The fraction of sp³-hybridized carbons (Fsp3) is 0.105. The summed E-state index contributed by atoms with van der Waals surface area (Å²) in [6, 6.07) is 16.7. The van der Waals surface area contributed by atoms with E-state index in [1.54, 1.807) is 24.3 Å². The number of aliphatic hydroxyl groups is 1. The van der Waals surface area contributed by atoms with Crippen LogP contribution in [0.15, 0.2) is 64.0 Å². The summed E-state index contributed by atoms with van der Waals surface area (Å²) >= 11 is 1.40. The number of hydrogen-bond acceptors (Lipinski definition) is 5. The molecule has 2 N–H and O–H groups in total. The molecule has 0 amide bonds. The zero-order chi connectivity index (χ0) is 17.8. The molecular weight excluding hydrogens is 334 g/mol. The molecule has 0 spiro atoms. The maximum Gasteiger partial charge on any atom is 0.259 e. The van der Waals surface area contributed by atoms with Crippen LogP contribution in [0, 0.1) is 18.3 Å². The number of nitriles is 1. The van der Waals surface area contributed by atoms with Gasteiger partial charge in [0, 0.05) is 4.90 Å². The molecule has 1 heterocycles. The minimum atomic E-state index is -0.340. The maximum atomic E-state index is 12.1. The summed E-state index contributed by atoms with van der Waals surface area (Å²) in [4.78, 5) is 20.0. The average molecular weight is 349 g/mol. The first kappa shape index (κ1) is 16.8. The zero-order valence-corrected chi connectivity index (χ0v) is 14.3. The normalized spacial score (nSPS) is 11.8. The van der Waals surface area contributed by atoms with Gasteiger partial charge in [0.25, 0.3) is 5.56 Å². The van der Waals surface area contributed by atoms with Gasteiger partial charge in [-0.15, -0.1) is 11.8 Å². The Hall–Kier alpha value is -3.04. The molecule has 0 saturated carbocycles. The minimum absolute atomic E-state index is 0.0255. The molecule has 5 nitrogen and oxygen atoms in total. The van der Waals surface area contributed by atoms with Gasteiger partial charge in [0.15, 0.2) is 5.82 Å². The standard InChI is InChI=1S/C19H15N3O2S/c1-12-6-8-13(9-7-12)25-11-17(23)15(10-20)18-21-16-5-3-2-4-14(16)19(24)22-18/h2-9,23H,11H2,1H3,(H,21,22,24). The van der Waals surface area contributed by atoms with E-state index in [0.29, 0.717) is 10.9 Å². The highest BCUT2D eigenvalue weighted by molar-refractivity contribution is 7.99. The third-order valence-electron chi connectivity index (χ3n) is 3.65. The maximum absolute atomic E-state index is 12.1. The number of fused-ring (bicyclic) bond motifs is 1. The molecule has 0 bridgehead atoms. The summed E-state index contributed by atoms with van der Waals surface area (Å²) < 4.78 is 0. The van der Waals surface area contributed by atoms with Crippen molar-refractivity contribution in [2.24, 2.45) is 0 Å². The summed E-state index contributed by atoms with van der Waals surface area (Å²) in [6.07, 6.45) is 0. The van der Waals surface area contributed by atoms with Gasteiger partial charge in [0.2, 0.25) is 0 Å². The molecular formula is C19H15N3O2S. The first-order valence-corrected chi connectivity index (χ1v) is 8.58. The molecule has 124 valence electrons. The van der Waals surface area contributed by atoms with Gasteiger partial charge >= 0.3 is 0 Å². The first-order chi connectivity index (χ1) is 12.1. The number of H-pyrrole nitrogens is 1. The second-order valence-electron chi connectivity index (χ2n) is 5.47. The van der Waals surface area contributed by atoms with Gasteiger partial charge in [-0.3, -0.25) is 4.79 Å². The van der Waals surface area contributed by atoms with Crippen LogP contribution < -0.4 is 5.56 Å². The van der Waals surface area contributed by atoms with Gasteiger partial charge in [0.05, 0.1) is 16.7 Å². The lowest BCUT2D eigenvalue weighted by molar-refractivity contribution is 0.420. The highest BCUT2D eigenvalue weighted by Gasteiger charge is 2.13. The molecule has 25 heavy (non-hydrogen) atoms. The number of thioether (sulfide) groups is 1. The predicted molar refractivity (Wildman–Crippen MR) is 99.4 cm³/mol. The van der Waals surface area contributed by atoms with E-state index in [9.17, 15) is 15.2 Å². The number of aryl methyl sites for hydroxylation is 1. The fourth-order valence-electron chi connectivity index (χ4n) is 2.32. The van der Waals surface area contributed by atoms with Crippen LogP contribution >= 0.6 is 11.8 Å². The van der Waals surface area contributed by atoms with Crippen molar-refractivity contribution in [1.82, 2.24) is 9.97 Å². The number of rotatable bonds is 4. The Bertz CT molecular complexity index is 1050. The molecule has 0 aliphatic heterocycles. The van der Waals surface area contributed by atoms with E-state index in [-0.39, 0.29) is 28.5 Å². The second kappa shape index (κ2) is 7.24. The van der Waals surface area contributed by atoms with Crippen molar-refractivity contribution in [3.8, 4) is 6.07 Å².